The number of nitrogens with zero attached hydrogens (tertiary/aromatic N) is 4. The van der Waals surface area contributed by atoms with Crippen LogP contribution in [-0.2, 0) is 6.18 Å². The van der Waals surface area contributed by atoms with Crippen molar-refractivity contribution in [3.05, 3.63) is 107 Å². The molecule has 0 saturated carbocycles. The maximum Gasteiger partial charge on any atom is 0.435 e. The van der Waals surface area contributed by atoms with Crippen LogP contribution in [-0.4, -0.2) is 14.8 Å². The predicted molar refractivity (Wildman–Crippen MR) is 151 cm³/mol. The SMILES string of the molecule is Cc1cc(C(F)(F)F)nn1-c1ccc(C(C)Nc2nc(-c3ccccc3C(C)C)c(C#N)c3ccccc23)cc1. The molecule has 202 valence electrons. The van der Waals surface area contributed by atoms with Gasteiger partial charge in [0, 0.05) is 28.1 Å². The number of aryl methyl sites for hydroxylation is 1. The molecule has 5 rings (SSSR count). The Morgan fingerprint density at radius 1 is 0.900 bits per heavy atom. The number of alkyl halides is 3. The van der Waals surface area contributed by atoms with Crippen LogP contribution in [0.4, 0.5) is 19.0 Å². The van der Waals surface area contributed by atoms with E-state index in [9.17, 15) is 18.4 Å². The minimum Gasteiger partial charge on any atom is -0.363 e. The maximum atomic E-state index is 13.1. The topological polar surface area (TPSA) is 66.5 Å². The molecule has 5 aromatic rings. The van der Waals surface area contributed by atoms with Gasteiger partial charge in [0.1, 0.15) is 11.9 Å². The molecule has 0 spiro atoms. The highest BCUT2D eigenvalue weighted by molar-refractivity contribution is 6.00. The first-order valence-corrected chi connectivity index (χ1v) is 13.0. The molecular weight excluding hydrogens is 511 g/mol. The lowest BCUT2D eigenvalue weighted by atomic mass is 9.92. The summed E-state index contributed by atoms with van der Waals surface area (Å²) >= 11 is 0. The number of fused-ring (bicyclic) bond motifs is 1. The fraction of sp³-hybridized carbons (Fsp3) is 0.219. The van der Waals surface area contributed by atoms with Crippen molar-refractivity contribution in [3.63, 3.8) is 0 Å². The predicted octanol–water partition coefficient (Wildman–Crippen LogP) is 8.58. The Balaban J connectivity index is 1.53. The van der Waals surface area contributed by atoms with Gasteiger partial charge in [-0.25, -0.2) is 9.67 Å². The highest BCUT2D eigenvalue weighted by Crippen LogP contribution is 2.37. The Kier molecular flexibility index (Phi) is 7.07. The van der Waals surface area contributed by atoms with Gasteiger partial charge >= 0.3 is 6.18 Å². The second kappa shape index (κ2) is 10.5. The van der Waals surface area contributed by atoms with E-state index in [0.29, 0.717) is 28.5 Å². The summed E-state index contributed by atoms with van der Waals surface area (Å²) in [6, 6.07) is 26.2. The summed E-state index contributed by atoms with van der Waals surface area (Å²) in [6.07, 6.45) is -4.50. The summed E-state index contributed by atoms with van der Waals surface area (Å²) in [6.45, 7) is 7.82. The Morgan fingerprint density at radius 2 is 1.55 bits per heavy atom. The van der Waals surface area contributed by atoms with Crippen molar-refractivity contribution >= 4 is 16.6 Å². The van der Waals surface area contributed by atoms with Gasteiger partial charge in [0.05, 0.1) is 16.9 Å². The molecular formula is C32H28F3N5. The Labute approximate surface area is 230 Å². The van der Waals surface area contributed by atoms with Crippen LogP contribution in [0.1, 0.15) is 60.8 Å². The number of benzene rings is 3. The van der Waals surface area contributed by atoms with Gasteiger partial charge in [-0.15, -0.1) is 0 Å². The van der Waals surface area contributed by atoms with E-state index in [1.165, 1.54) is 4.68 Å². The number of hydrogen-bond acceptors (Lipinski definition) is 4. The third-order valence-corrected chi connectivity index (χ3v) is 7.03. The van der Waals surface area contributed by atoms with E-state index < -0.39 is 11.9 Å². The molecule has 0 aliphatic heterocycles. The second-order valence-electron chi connectivity index (χ2n) is 10.1. The van der Waals surface area contributed by atoms with Crippen molar-refractivity contribution in [2.75, 3.05) is 5.32 Å². The summed E-state index contributed by atoms with van der Waals surface area (Å²) in [5, 5.41) is 19.1. The molecule has 40 heavy (non-hydrogen) atoms. The fourth-order valence-corrected chi connectivity index (χ4v) is 4.96. The minimum absolute atomic E-state index is 0.185. The van der Waals surface area contributed by atoms with Crippen molar-refractivity contribution in [2.24, 2.45) is 0 Å². The average Bonchev–Trinajstić information content (AvgIpc) is 3.35. The summed E-state index contributed by atoms with van der Waals surface area (Å²) < 4.78 is 40.7. The van der Waals surface area contributed by atoms with Crippen LogP contribution in [0.25, 0.3) is 27.7 Å². The monoisotopic (exact) mass is 539 g/mol. The molecule has 1 atom stereocenters. The van der Waals surface area contributed by atoms with Crippen LogP contribution >= 0.6 is 0 Å². The van der Waals surface area contributed by atoms with Crippen LogP contribution in [0.5, 0.6) is 0 Å². The van der Waals surface area contributed by atoms with Gasteiger partial charge in [0.2, 0.25) is 0 Å². The highest BCUT2D eigenvalue weighted by Gasteiger charge is 2.34. The van der Waals surface area contributed by atoms with Crippen LogP contribution in [0.3, 0.4) is 0 Å². The largest absolute Gasteiger partial charge is 0.435 e. The van der Waals surface area contributed by atoms with Crippen molar-refractivity contribution in [2.45, 2.75) is 45.8 Å². The Hall–Kier alpha value is -4.64. The Bertz CT molecular complexity index is 1730. The molecule has 0 amide bonds. The number of anilines is 1. The van der Waals surface area contributed by atoms with Crippen molar-refractivity contribution < 1.29 is 13.2 Å². The first-order chi connectivity index (χ1) is 19.1. The van der Waals surface area contributed by atoms with E-state index in [4.69, 9.17) is 4.98 Å². The molecule has 2 aromatic heterocycles. The van der Waals surface area contributed by atoms with Gasteiger partial charge < -0.3 is 5.32 Å². The van der Waals surface area contributed by atoms with Gasteiger partial charge in [0.15, 0.2) is 5.69 Å². The summed E-state index contributed by atoms with van der Waals surface area (Å²) in [5.74, 6) is 0.896. The van der Waals surface area contributed by atoms with E-state index in [0.717, 1.165) is 33.5 Å². The lowest BCUT2D eigenvalue weighted by Crippen LogP contribution is -2.10. The molecule has 3 aromatic carbocycles. The van der Waals surface area contributed by atoms with E-state index in [2.05, 4.69) is 36.4 Å². The van der Waals surface area contributed by atoms with Gasteiger partial charge in [-0.3, -0.25) is 0 Å². The summed E-state index contributed by atoms with van der Waals surface area (Å²) in [5.41, 5.74) is 4.13. The standard InChI is InChI=1S/C32H28F3N5/c1-19(2)24-9-5-7-11-26(24)30-28(18-36)25-10-6-8-12-27(25)31(38-30)37-21(4)22-13-15-23(16-14-22)40-20(3)17-29(39-40)32(33,34)35/h5-17,19,21H,1-4H3,(H,37,38). The summed E-state index contributed by atoms with van der Waals surface area (Å²) in [7, 11) is 0. The number of nitriles is 1. The zero-order valence-electron chi connectivity index (χ0n) is 22.6. The molecule has 1 unspecified atom stereocenters. The quantitative estimate of drug-likeness (QED) is 0.235. The molecule has 0 aliphatic rings. The van der Waals surface area contributed by atoms with E-state index in [-0.39, 0.29) is 12.0 Å². The fourth-order valence-electron chi connectivity index (χ4n) is 4.96. The van der Waals surface area contributed by atoms with Gasteiger partial charge in [-0.1, -0.05) is 74.5 Å². The normalized spacial score (nSPS) is 12.5. The molecule has 1 N–H and O–H groups in total. The maximum absolute atomic E-state index is 13.1. The third kappa shape index (κ3) is 5.03. The molecule has 2 heterocycles. The third-order valence-electron chi connectivity index (χ3n) is 7.03. The first-order valence-electron chi connectivity index (χ1n) is 13.0. The molecule has 0 saturated heterocycles. The zero-order chi connectivity index (χ0) is 28.6. The molecule has 0 radical (unpaired) electrons. The summed E-state index contributed by atoms with van der Waals surface area (Å²) in [4.78, 5) is 5.00. The molecule has 0 aliphatic carbocycles. The van der Waals surface area contributed by atoms with Gasteiger partial charge in [-0.2, -0.15) is 23.5 Å². The number of nitrogens with one attached hydrogen (secondary N) is 1. The molecule has 0 fully saturated rings. The van der Waals surface area contributed by atoms with Crippen molar-refractivity contribution in [1.29, 1.82) is 5.26 Å². The number of pyridine rings is 1. The van der Waals surface area contributed by atoms with Crippen LogP contribution in [0.15, 0.2) is 78.9 Å². The minimum atomic E-state index is -4.50. The Morgan fingerprint density at radius 3 is 2.17 bits per heavy atom. The zero-order valence-corrected chi connectivity index (χ0v) is 22.6. The van der Waals surface area contributed by atoms with Crippen LogP contribution < -0.4 is 5.32 Å². The molecule has 0 bridgehead atoms. The van der Waals surface area contributed by atoms with E-state index in [1.54, 1.807) is 19.1 Å². The lowest BCUT2D eigenvalue weighted by molar-refractivity contribution is -0.141. The number of aromatic nitrogens is 3. The lowest BCUT2D eigenvalue weighted by Gasteiger charge is -2.20. The molecule has 5 nitrogen and oxygen atoms in total. The smallest absolute Gasteiger partial charge is 0.363 e. The van der Waals surface area contributed by atoms with E-state index in [1.807, 2.05) is 61.5 Å². The van der Waals surface area contributed by atoms with Crippen LogP contribution in [0, 0.1) is 18.3 Å². The number of hydrogen-bond donors (Lipinski definition) is 1. The second-order valence-corrected chi connectivity index (χ2v) is 10.1. The van der Waals surface area contributed by atoms with Gasteiger partial charge in [-0.05, 0) is 49.1 Å². The highest BCUT2D eigenvalue weighted by atomic mass is 19.4. The molecule has 8 heteroatoms. The number of halogens is 3. The van der Waals surface area contributed by atoms with Crippen LogP contribution in [0.2, 0.25) is 0 Å². The van der Waals surface area contributed by atoms with Crippen molar-refractivity contribution in [3.8, 4) is 23.0 Å². The number of rotatable bonds is 6. The van der Waals surface area contributed by atoms with Crippen molar-refractivity contribution in [1.82, 2.24) is 14.8 Å². The average molecular weight is 540 g/mol. The first kappa shape index (κ1) is 26.9. The van der Waals surface area contributed by atoms with E-state index >= 15 is 0 Å². The van der Waals surface area contributed by atoms with Gasteiger partial charge in [0.25, 0.3) is 0 Å².